The summed E-state index contributed by atoms with van der Waals surface area (Å²) in [5, 5.41) is 0. The lowest BCUT2D eigenvalue weighted by Crippen LogP contribution is -2.51. The fraction of sp³-hybridized carbons (Fsp3) is 0.750. The van der Waals surface area contributed by atoms with Gasteiger partial charge in [-0.15, -0.1) is 0 Å². The van der Waals surface area contributed by atoms with E-state index in [2.05, 4.69) is 5.73 Å². The van der Waals surface area contributed by atoms with E-state index in [0.29, 0.717) is 0 Å². The number of hydrogen-bond acceptors (Lipinski definition) is 2. The Morgan fingerprint density at radius 1 is 1.19 bits per heavy atom. The van der Waals surface area contributed by atoms with Crippen LogP contribution in [-0.2, 0) is 9.59 Å². The van der Waals surface area contributed by atoms with Gasteiger partial charge < -0.3 is 10.3 Å². The minimum atomic E-state index is -4.74. The Hall–Kier alpha value is -1.05. The molecule has 2 N–H and O–H groups in total. The molecule has 4 nitrogen and oxygen atoms in total. The maximum Gasteiger partial charge on any atom is 0.470 e. The van der Waals surface area contributed by atoms with Gasteiger partial charge in [-0.05, 0) is 0 Å². The first-order valence-corrected chi connectivity index (χ1v) is 7.86. The Bertz CT molecular complexity index is 257. The molecule has 8 heteroatoms. The summed E-state index contributed by atoms with van der Waals surface area (Å²) < 4.78 is 36.4. The highest BCUT2D eigenvalue weighted by molar-refractivity contribution is 6.75. The molecule has 0 aliphatic carbocycles. The maximum absolute atomic E-state index is 11.9. The van der Waals surface area contributed by atoms with Crippen molar-refractivity contribution in [1.82, 2.24) is 4.57 Å². The van der Waals surface area contributed by atoms with Crippen LogP contribution in [0.1, 0.15) is 6.92 Å². The topological polar surface area (TPSA) is 63.4 Å². The summed E-state index contributed by atoms with van der Waals surface area (Å²) in [6, 6.07) is 0. The standard InChI is InChI=1S/C6H12F3NOSi.C2H5NO/c1-10(12(2,3)4)5(11)6(7,8)9;1-2(3)4/h1-4H3;1H3,(H2,3,4). The van der Waals surface area contributed by atoms with Crippen LogP contribution in [0.15, 0.2) is 0 Å². The molecule has 2 amide bonds. The van der Waals surface area contributed by atoms with Crippen LogP contribution in [0.3, 0.4) is 0 Å². The van der Waals surface area contributed by atoms with Gasteiger partial charge in [0.15, 0.2) is 8.24 Å². The first-order chi connectivity index (χ1) is 6.80. The number of carbonyl (C=O) groups is 2. The van der Waals surface area contributed by atoms with Gasteiger partial charge in [-0.3, -0.25) is 9.59 Å². The molecule has 0 saturated carbocycles. The van der Waals surface area contributed by atoms with Gasteiger partial charge in [0.05, 0.1) is 0 Å². The van der Waals surface area contributed by atoms with Crippen molar-refractivity contribution in [2.24, 2.45) is 5.73 Å². The van der Waals surface area contributed by atoms with Gasteiger partial charge in [-0.25, -0.2) is 0 Å². The molecule has 0 saturated heterocycles. The predicted octanol–water partition coefficient (Wildman–Crippen LogP) is 1.33. The molecule has 0 unspecified atom stereocenters. The molecule has 96 valence electrons. The van der Waals surface area contributed by atoms with Crippen LogP contribution in [0.2, 0.25) is 19.6 Å². The fourth-order valence-corrected chi connectivity index (χ4v) is 1.23. The number of nitrogens with two attached hydrogens (primary N) is 1. The molecule has 0 aromatic rings. The molecule has 0 heterocycles. The van der Waals surface area contributed by atoms with Crippen molar-refractivity contribution in [3.63, 3.8) is 0 Å². The van der Waals surface area contributed by atoms with Crippen LogP contribution >= 0.6 is 0 Å². The molecule has 0 spiro atoms. The van der Waals surface area contributed by atoms with Crippen molar-refractivity contribution in [3.8, 4) is 0 Å². The van der Waals surface area contributed by atoms with Gasteiger partial charge in [0.1, 0.15) is 0 Å². The SMILES string of the molecule is CC(N)=O.CN(C(=O)C(F)(F)F)[Si](C)(C)C. The van der Waals surface area contributed by atoms with E-state index < -0.39 is 20.3 Å². The van der Waals surface area contributed by atoms with E-state index in [0.717, 1.165) is 4.57 Å². The van der Waals surface area contributed by atoms with E-state index >= 15 is 0 Å². The van der Waals surface area contributed by atoms with E-state index in [9.17, 15) is 22.8 Å². The normalized spacial score (nSPS) is 11.2. The van der Waals surface area contributed by atoms with Crippen LogP contribution in [0.5, 0.6) is 0 Å². The summed E-state index contributed by atoms with van der Waals surface area (Å²) in [5.74, 6) is -2.08. The minimum Gasteiger partial charge on any atom is -0.370 e. The van der Waals surface area contributed by atoms with E-state index in [1.54, 1.807) is 19.6 Å². The van der Waals surface area contributed by atoms with Gasteiger partial charge in [0.25, 0.3) is 0 Å². The molecule has 0 aliphatic rings. The van der Waals surface area contributed by atoms with Crippen LogP contribution in [0.25, 0.3) is 0 Å². The first kappa shape index (κ1) is 17.3. The molecule has 0 fully saturated rings. The zero-order valence-corrected chi connectivity index (χ0v) is 11.0. The highest BCUT2D eigenvalue weighted by Crippen LogP contribution is 2.20. The van der Waals surface area contributed by atoms with Crippen LogP contribution in [0, 0.1) is 0 Å². The summed E-state index contributed by atoms with van der Waals surface area (Å²) >= 11 is 0. The maximum atomic E-state index is 11.9. The highest BCUT2D eigenvalue weighted by Gasteiger charge is 2.44. The smallest absolute Gasteiger partial charge is 0.370 e. The number of alkyl halides is 3. The Kier molecular flexibility index (Phi) is 6.37. The fourth-order valence-electron chi connectivity index (χ4n) is 0.495. The lowest BCUT2D eigenvalue weighted by atomic mass is 10.6. The zero-order valence-electron chi connectivity index (χ0n) is 9.97. The molecule has 0 bridgehead atoms. The first-order valence-electron chi connectivity index (χ1n) is 4.41. The molecule has 0 rings (SSSR count). The molecule has 0 atom stereocenters. The molecule has 0 aromatic carbocycles. The van der Waals surface area contributed by atoms with Crippen LogP contribution in [-0.4, -0.2) is 37.8 Å². The number of carbonyl (C=O) groups excluding carboxylic acids is 2. The number of rotatable bonds is 1. The predicted molar refractivity (Wildman–Crippen MR) is 57.0 cm³/mol. The number of hydrogen-bond donors (Lipinski definition) is 1. The van der Waals surface area contributed by atoms with E-state index in [1.165, 1.54) is 14.0 Å². The summed E-state index contributed by atoms with van der Waals surface area (Å²) in [6.07, 6.45) is -4.74. The minimum absolute atomic E-state index is 0.333. The second-order valence-electron chi connectivity index (χ2n) is 4.14. The van der Waals surface area contributed by atoms with E-state index in [4.69, 9.17) is 0 Å². The molecule has 16 heavy (non-hydrogen) atoms. The summed E-state index contributed by atoms with van der Waals surface area (Å²) in [7, 11) is -0.973. The number of halogens is 3. The molecule has 0 aromatic heterocycles. The molecule has 0 radical (unpaired) electrons. The number of primary amides is 1. The third-order valence-corrected chi connectivity index (χ3v) is 3.77. The van der Waals surface area contributed by atoms with Crippen LogP contribution < -0.4 is 5.73 Å². The quantitative estimate of drug-likeness (QED) is 0.721. The second kappa shape index (κ2) is 5.88. The summed E-state index contributed by atoms with van der Waals surface area (Å²) in [4.78, 5) is 19.9. The van der Waals surface area contributed by atoms with Crippen molar-refractivity contribution in [1.29, 1.82) is 0 Å². The third kappa shape index (κ3) is 8.27. The van der Waals surface area contributed by atoms with E-state index in [1.807, 2.05) is 0 Å². The van der Waals surface area contributed by atoms with Crippen molar-refractivity contribution < 1.29 is 22.8 Å². The Balaban J connectivity index is 0. The van der Waals surface area contributed by atoms with Crippen molar-refractivity contribution >= 4 is 20.0 Å². The molecule has 0 aliphatic heterocycles. The highest BCUT2D eigenvalue weighted by atomic mass is 28.3. The van der Waals surface area contributed by atoms with Gasteiger partial charge in [-0.2, -0.15) is 13.2 Å². The average Bonchev–Trinajstić information content (AvgIpc) is 1.97. The summed E-state index contributed by atoms with van der Waals surface area (Å²) in [6.45, 7) is 6.34. The van der Waals surface area contributed by atoms with E-state index in [-0.39, 0.29) is 5.91 Å². The number of nitrogens with zero attached hydrogens (tertiary/aromatic N) is 1. The van der Waals surface area contributed by atoms with Gasteiger partial charge in [0, 0.05) is 14.0 Å². The Labute approximate surface area is 93.7 Å². The largest absolute Gasteiger partial charge is 0.470 e. The Morgan fingerprint density at radius 2 is 1.44 bits per heavy atom. The van der Waals surface area contributed by atoms with Gasteiger partial charge >= 0.3 is 12.1 Å². The summed E-state index contributed by atoms with van der Waals surface area (Å²) in [5.41, 5.74) is 4.47. The zero-order chi connectivity index (χ0) is 13.7. The van der Waals surface area contributed by atoms with Gasteiger partial charge in [0.2, 0.25) is 5.91 Å². The molecular formula is C8H17F3N2O2Si. The monoisotopic (exact) mass is 258 g/mol. The molecular weight excluding hydrogens is 241 g/mol. The van der Waals surface area contributed by atoms with Crippen molar-refractivity contribution in [3.05, 3.63) is 0 Å². The van der Waals surface area contributed by atoms with Crippen molar-refractivity contribution in [2.75, 3.05) is 7.05 Å². The van der Waals surface area contributed by atoms with Crippen molar-refractivity contribution in [2.45, 2.75) is 32.7 Å². The Morgan fingerprint density at radius 3 is 1.50 bits per heavy atom. The average molecular weight is 258 g/mol. The second-order valence-corrected chi connectivity index (χ2v) is 9.16. The lowest BCUT2D eigenvalue weighted by Gasteiger charge is -2.30. The number of amides is 2. The lowest BCUT2D eigenvalue weighted by molar-refractivity contribution is -0.179. The van der Waals surface area contributed by atoms with Crippen LogP contribution in [0.4, 0.5) is 13.2 Å². The third-order valence-electron chi connectivity index (χ3n) is 1.55. The van der Waals surface area contributed by atoms with Gasteiger partial charge in [-0.1, -0.05) is 19.6 Å².